The molecule has 0 spiro atoms. The summed E-state index contributed by atoms with van der Waals surface area (Å²) >= 11 is 0. The maximum Gasteiger partial charge on any atom is 0.329 e. The number of piperazine rings is 1. The zero-order chi connectivity index (χ0) is 21.1. The van der Waals surface area contributed by atoms with Crippen LogP contribution in [0.15, 0.2) is 48.5 Å². The molecular weight excluding hydrogens is 385 g/mol. The van der Waals surface area contributed by atoms with Crippen LogP contribution >= 0.6 is 0 Å². The van der Waals surface area contributed by atoms with Crippen LogP contribution in [0, 0.1) is 17.1 Å². The van der Waals surface area contributed by atoms with Crippen LogP contribution in [0.1, 0.15) is 11.6 Å². The van der Waals surface area contributed by atoms with E-state index in [1.165, 1.54) is 19.2 Å². The normalized spacial score (nSPS) is 15.0. The lowest BCUT2D eigenvalue weighted by Gasteiger charge is -2.37. The highest BCUT2D eigenvalue weighted by Crippen LogP contribution is 2.29. The summed E-state index contributed by atoms with van der Waals surface area (Å²) in [5, 5.41) is 9.61. The Morgan fingerprint density at radius 2 is 1.63 bits per heavy atom. The molecule has 0 bridgehead atoms. The van der Waals surface area contributed by atoms with Crippen molar-refractivity contribution in [3.8, 4) is 6.07 Å². The van der Waals surface area contributed by atoms with Crippen LogP contribution in [0.5, 0.6) is 0 Å². The smallest absolute Gasteiger partial charge is 0.329 e. The molecule has 3 aromatic rings. The van der Waals surface area contributed by atoms with Gasteiger partial charge in [0.05, 0.1) is 24.2 Å². The van der Waals surface area contributed by atoms with E-state index in [0.717, 1.165) is 5.69 Å². The minimum absolute atomic E-state index is 0.265. The van der Waals surface area contributed by atoms with Gasteiger partial charge in [-0.3, -0.25) is 4.79 Å². The molecule has 30 heavy (non-hydrogen) atoms. The summed E-state index contributed by atoms with van der Waals surface area (Å²) in [5.41, 5.74) is 2.56. The molecule has 0 aliphatic carbocycles. The number of carbonyl (C=O) groups is 1. The first-order valence-electron chi connectivity index (χ1n) is 9.60. The van der Waals surface area contributed by atoms with Crippen molar-refractivity contribution < 1.29 is 13.9 Å². The second kappa shape index (κ2) is 8.33. The SMILES string of the molecule is COC(=O)C(C#N)c1nc2ccccc2nc1N1CCN(c2ccc(F)cc2)CC1. The number of anilines is 2. The Balaban J connectivity index is 1.66. The van der Waals surface area contributed by atoms with E-state index in [1.54, 1.807) is 18.2 Å². The van der Waals surface area contributed by atoms with Crippen LogP contribution in [-0.2, 0) is 9.53 Å². The van der Waals surface area contributed by atoms with Gasteiger partial charge in [0.1, 0.15) is 11.5 Å². The third kappa shape index (κ3) is 3.74. The fraction of sp³-hybridized carbons (Fsp3) is 0.273. The lowest BCUT2D eigenvalue weighted by atomic mass is 10.1. The van der Waals surface area contributed by atoms with Gasteiger partial charge in [-0.25, -0.2) is 14.4 Å². The van der Waals surface area contributed by atoms with E-state index in [2.05, 4.69) is 9.88 Å². The Morgan fingerprint density at radius 1 is 1.03 bits per heavy atom. The first kappa shape index (κ1) is 19.6. The van der Waals surface area contributed by atoms with Crippen molar-refractivity contribution in [1.29, 1.82) is 5.26 Å². The number of para-hydroxylation sites is 2. The number of nitrogens with zero attached hydrogens (tertiary/aromatic N) is 5. The number of hydrogen-bond donors (Lipinski definition) is 0. The first-order chi connectivity index (χ1) is 14.6. The van der Waals surface area contributed by atoms with E-state index in [0.29, 0.717) is 48.7 Å². The Bertz CT molecular complexity index is 1100. The number of nitriles is 1. The van der Waals surface area contributed by atoms with Crippen molar-refractivity contribution in [2.24, 2.45) is 0 Å². The highest BCUT2D eigenvalue weighted by atomic mass is 19.1. The molecule has 1 aliphatic heterocycles. The van der Waals surface area contributed by atoms with Crippen molar-refractivity contribution >= 4 is 28.5 Å². The number of methoxy groups -OCH3 is 1. The average Bonchev–Trinajstić information content (AvgIpc) is 2.79. The van der Waals surface area contributed by atoms with Crippen molar-refractivity contribution in [2.75, 3.05) is 43.1 Å². The molecule has 1 aliphatic rings. The number of esters is 1. The molecular formula is C22H20FN5O2. The predicted octanol–water partition coefficient (Wildman–Crippen LogP) is 2.88. The molecule has 0 amide bonds. The van der Waals surface area contributed by atoms with Crippen molar-refractivity contribution in [3.63, 3.8) is 0 Å². The van der Waals surface area contributed by atoms with Crippen LogP contribution < -0.4 is 9.80 Å². The van der Waals surface area contributed by atoms with Gasteiger partial charge in [-0.05, 0) is 36.4 Å². The highest BCUT2D eigenvalue weighted by molar-refractivity contribution is 5.85. The van der Waals surface area contributed by atoms with Crippen LogP contribution in [0.2, 0.25) is 0 Å². The van der Waals surface area contributed by atoms with E-state index < -0.39 is 11.9 Å². The van der Waals surface area contributed by atoms with Crippen molar-refractivity contribution in [3.05, 3.63) is 60.0 Å². The van der Waals surface area contributed by atoms with Gasteiger partial charge in [-0.2, -0.15) is 5.26 Å². The summed E-state index contributed by atoms with van der Waals surface area (Å²) in [5.74, 6) is -1.56. The number of carbonyl (C=O) groups excluding carboxylic acids is 1. The van der Waals surface area contributed by atoms with Gasteiger partial charge in [0.25, 0.3) is 0 Å². The molecule has 0 radical (unpaired) electrons. The van der Waals surface area contributed by atoms with Crippen molar-refractivity contribution in [1.82, 2.24) is 9.97 Å². The third-order valence-electron chi connectivity index (χ3n) is 5.19. The third-order valence-corrected chi connectivity index (χ3v) is 5.19. The molecule has 8 heteroatoms. The molecule has 152 valence electrons. The minimum atomic E-state index is -1.16. The van der Waals surface area contributed by atoms with Gasteiger partial charge in [0, 0.05) is 31.9 Å². The molecule has 1 unspecified atom stereocenters. The molecule has 1 saturated heterocycles. The van der Waals surface area contributed by atoms with Crippen LogP contribution in [0.25, 0.3) is 11.0 Å². The molecule has 2 heterocycles. The monoisotopic (exact) mass is 405 g/mol. The molecule has 1 aromatic heterocycles. The van der Waals surface area contributed by atoms with Gasteiger partial charge in [-0.15, -0.1) is 0 Å². The Morgan fingerprint density at radius 3 is 2.23 bits per heavy atom. The summed E-state index contributed by atoms with van der Waals surface area (Å²) in [6.45, 7) is 2.62. The van der Waals surface area contributed by atoms with E-state index in [1.807, 2.05) is 29.2 Å². The van der Waals surface area contributed by atoms with Crippen LogP contribution in [0.3, 0.4) is 0 Å². The van der Waals surface area contributed by atoms with E-state index in [4.69, 9.17) is 9.72 Å². The number of aromatic nitrogens is 2. The summed E-state index contributed by atoms with van der Waals surface area (Å²) < 4.78 is 18.0. The topological polar surface area (TPSA) is 82.3 Å². The fourth-order valence-electron chi connectivity index (χ4n) is 3.60. The lowest BCUT2D eigenvalue weighted by Crippen LogP contribution is -2.47. The summed E-state index contributed by atoms with van der Waals surface area (Å²) in [7, 11) is 1.25. The van der Waals surface area contributed by atoms with Crippen LogP contribution in [-0.4, -0.2) is 49.2 Å². The number of fused-ring (bicyclic) bond motifs is 1. The summed E-state index contributed by atoms with van der Waals surface area (Å²) in [6.07, 6.45) is 0. The average molecular weight is 405 g/mol. The van der Waals surface area contributed by atoms with Crippen molar-refractivity contribution in [2.45, 2.75) is 5.92 Å². The zero-order valence-electron chi connectivity index (χ0n) is 16.5. The van der Waals surface area contributed by atoms with Crippen LogP contribution in [0.4, 0.5) is 15.9 Å². The van der Waals surface area contributed by atoms with Gasteiger partial charge >= 0.3 is 5.97 Å². The van der Waals surface area contributed by atoms with Gasteiger partial charge in [0.15, 0.2) is 11.7 Å². The lowest BCUT2D eigenvalue weighted by molar-refractivity contribution is -0.141. The number of ether oxygens (including phenoxy) is 1. The van der Waals surface area contributed by atoms with Gasteiger partial charge in [-0.1, -0.05) is 12.1 Å². The maximum atomic E-state index is 13.2. The summed E-state index contributed by atoms with van der Waals surface area (Å²) in [6, 6.07) is 15.8. The van der Waals surface area contributed by atoms with Gasteiger partial charge < -0.3 is 14.5 Å². The zero-order valence-corrected chi connectivity index (χ0v) is 16.5. The number of hydrogen-bond acceptors (Lipinski definition) is 7. The molecule has 2 aromatic carbocycles. The fourth-order valence-corrected chi connectivity index (χ4v) is 3.60. The maximum absolute atomic E-state index is 13.2. The Labute approximate surface area is 173 Å². The number of rotatable bonds is 4. The second-order valence-electron chi connectivity index (χ2n) is 6.96. The van der Waals surface area contributed by atoms with E-state index in [9.17, 15) is 14.4 Å². The largest absolute Gasteiger partial charge is 0.468 e. The Hall–Kier alpha value is -3.73. The number of benzene rings is 2. The standard InChI is InChI=1S/C22H20FN5O2/c1-30-22(29)17(14-24)20-21(26-19-5-3-2-4-18(19)25-20)28-12-10-27(11-13-28)16-8-6-15(23)7-9-16/h2-9,17H,10-13H2,1H3. The first-order valence-corrected chi connectivity index (χ1v) is 9.60. The molecule has 1 atom stereocenters. The molecule has 1 fully saturated rings. The highest BCUT2D eigenvalue weighted by Gasteiger charge is 2.30. The van der Waals surface area contributed by atoms with Gasteiger partial charge in [0.2, 0.25) is 0 Å². The molecule has 0 N–H and O–H groups in total. The number of halogens is 1. The quantitative estimate of drug-likeness (QED) is 0.617. The minimum Gasteiger partial charge on any atom is -0.468 e. The molecule has 7 nitrogen and oxygen atoms in total. The Kier molecular flexibility index (Phi) is 5.44. The molecule has 4 rings (SSSR count). The van der Waals surface area contributed by atoms with E-state index >= 15 is 0 Å². The van der Waals surface area contributed by atoms with E-state index in [-0.39, 0.29) is 5.82 Å². The molecule has 0 saturated carbocycles. The second-order valence-corrected chi connectivity index (χ2v) is 6.96. The summed E-state index contributed by atoms with van der Waals surface area (Å²) in [4.78, 5) is 25.7. The predicted molar refractivity (Wildman–Crippen MR) is 111 cm³/mol.